The first-order valence-corrected chi connectivity index (χ1v) is 6.92. The molecule has 5 nitrogen and oxygen atoms in total. The Bertz CT molecular complexity index is 662. The summed E-state index contributed by atoms with van der Waals surface area (Å²) in [5.74, 6) is 0. The predicted molar refractivity (Wildman–Crippen MR) is 82.3 cm³/mol. The van der Waals surface area contributed by atoms with E-state index in [1.807, 2.05) is 38.1 Å². The Balaban J connectivity index is 2.40. The molecule has 112 valence electrons. The van der Waals surface area contributed by atoms with Gasteiger partial charge in [-0.15, -0.1) is 0 Å². The van der Waals surface area contributed by atoms with Crippen molar-refractivity contribution in [1.82, 2.24) is 9.78 Å². The van der Waals surface area contributed by atoms with Gasteiger partial charge in [0.15, 0.2) is 0 Å². The maximum Gasteiger partial charge on any atom is 0.271 e. The standard InChI is InChI=1S/C16H21N3O2/c1-11-4-6-13(7-5-11)15(17)14-10-12(2)18-19(16(14)20)8-9-21-3/h4-7,10,15H,8-9,17H2,1-3H3. The van der Waals surface area contributed by atoms with E-state index >= 15 is 0 Å². The van der Waals surface area contributed by atoms with E-state index in [2.05, 4.69) is 5.10 Å². The van der Waals surface area contributed by atoms with Crippen LogP contribution in [0.15, 0.2) is 35.1 Å². The lowest BCUT2D eigenvalue weighted by Crippen LogP contribution is -2.32. The second-order valence-corrected chi connectivity index (χ2v) is 5.15. The van der Waals surface area contributed by atoms with Crippen molar-refractivity contribution in [2.24, 2.45) is 5.73 Å². The number of aryl methyl sites for hydroxylation is 2. The average molecular weight is 287 g/mol. The van der Waals surface area contributed by atoms with Gasteiger partial charge in [-0.25, -0.2) is 4.68 Å². The number of hydrogen-bond donors (Lipinski definition) is 1. The van der Waals surface area contributed by atoms with Crippen LogP contribution in [0.5, 0.6) is 0 Å². The van der Waals surface area contributed by atoms with Crippen molar-refractivity contribution in [2.45, 2.75) is 26.4 Å². The highest BCUT2D eigenvalue weighted by atomic mass is 16.5. The third kappa shape index (κ3) is 3.56. The molecule has 0 amide bonds. The second-order valence-electron chi connectivity index (χ2n) is 5.15. The summed E-state index contributed by atoms with van der Waals surface area (Å²) >= 11 is 0. The van der Waals surface area contributed by atoms with Gasteiger partial charge in [0.2, 0.25) is 0 Å². The topological polar surface area (TPSA) is 70.1 Å². The van der Waals surface area contributed by atoms with Crippen LogP contribution in [0.25, 0.3) is 0 Å². The molecule has 0 saturated heterocycles. The van der Waals surface area contributed by atoms with Gasteiger partial charge in [0.05, 0.1) is 24.9 Å². The Morgan fingerprint density at radius 3 is 2.57 bits per heavy atom. The molecule has 2 N–H and O–H groups in total. The summed E-state index contributed by atoms with van der Waals surface area (Å²) in [6.45, 7) is 4.73. The van der Waals surface area contributed by atoms with Crippen molar-refractivity contribution in [1.29, 1.82) is 0 Å². The van der Waals surface area contributed by atoms with Crippen LogP contribution < -0.4 is 11.3 Å². The van der Waals surface area contributed by atoms with Crippen LogP contribution in [-0.2, 0) is 11.3 Å². The number of rotatable bonds is 5. The van der Waals surface area contributed by atoms with Crippen LogP contribution in [-0.4, -0.2) is 23.5 Å². The fraction of sp³-hybridized carbons (Fsp3) is 0.375. The van der Waals surface area contributed by atoms with Gasteiger partial charge in [0, 0.05) is 12.7 Å². The van der Waals surface area contributed by atoms with Crippen LogP contribution in [0, 0.1) is 13.8 Å². The average Bonchev–Trinajstić information content (AvgIpc) is 2.48. The molecule has 1 unspecified atom stereocenters. The number of nitrogens with zero attached hydrogens (tertiary/aromatic N) is 2. The Morgan fingerprint density at radius 1 is 1.29 bits per heavy atom. The molecule has 0 fully saturated rings. The SMILES string of the molecule is COCCn1nc(C)cc(C(N)c2ccc(C)cc2)c1=O. The van der Waals surface area contributed by atoms with Crippen molar-refractivity contribution >= 4 is 0 Å². The highest BCUT2D eigenvalue weighted by Gasteiger charge is 2.15. The van der Waals surface area contributed by atoms with Crippen LogP contribution in [0.4, 0.5) is 0 Å². The van der Waals surface area contributed by atoms with Crippen LogP contribution in [0.1, 0.15) is 28.4 Å². The molecule has 1 aromatic heterocycles. The molecule has 2 aromatic rings. The zero-order chi connectivity index (χ0) is 15.4. The molecule has 2 rings (SSSR count). The zero-order valence-corrected chi connectivity index (χ0v) is 12.7. The summed E-state index contributed by atoms with van der Waals surface area (Å²) in [7, 11) is 1.60. The van der Waals surface area contributed by atoms with Crippen LogP contribution >= 0.6 is 0 Å². The lowest BCUT2D eigenvalue weighted by atomic mass is 9.99. The summed E-state index contributed by atoms with van der Waals surface area (Å²) < 4.78 is 6.43. The van der Waals surface area contributed by atoms with Gasteiger partial charge < -0.3 is 10.5 Å². The molecule has 1 atom stereocenters. The number of methoxy groups -OCH3 is 1. The lowest BCUT2D eigenvalue weighted by Gasteiger charge is -2.15. The van der Waals surface area contributed by atoms with E-state index in [-0.39, 0.29) is 5.56 Å². The van der Waals surface area contributed by atoms with Gasteiger partial charge in [-0.3, -0.25) is 4.79 Å². The number of benzene rings is 1. The Kier molecular flexibility index (Phi) is 4.88. The van der Waals surface area contributed by atoms with Crippen molar-refractivity contribution < 1.29 is 4.74 Å². The minimum atomic E-state index is -0.450. The van der Waals surface area contributed by atoms with Gasteiger partial charge in [-0.05, 0) is 25.5 Å². The molecule has 0 aliphatic rings. The third-order valence-corrected chi connectivity index (χ3v) is 3.40. The number of aromatic nitrogens is 2. The predicted octanol–water partition coefficient (Wildman–Crippen LogP) is 1.55. The van der Waals surface area contributed by atoms with Crippen molar-refractivity contribution in [3.8, 4) is 0 Å². The van der Waals surface area contributed by atoms with Gasteiger partial charge in [-0.2, -0.15) is 5.10 Å². The highest BCUT2D eigenvalue weighted by molar-refractivity contribution is 5.32. The molecule has 21 heavy (non-hydrogen) atoms. The number of hydrogen-bond acceptors (Lipinski definition) is 4. The quantitative estimate of drug-likeness (QED) is 0.906. The van der Waals surface area contributed by atoms with E-state index in [9.17, 15) is 4.79 Å². The maximum atomic E-state index is 12.5. The van der Waals surface area contributed by atoms with Crippen molar-refractivity contribution in [3.05, 3.63) is 63.1 Å². The van der Waals surface area contributed by atoms with E-state index in [0.717, 1.165) is 16.8 Å². The normalized spacial score (nSPS) is 12.4. The Labute approximate surface area is 124 Å². The summed E-state index contributed by atoms with van der Waals surface area (Å²) in [4.78, 5) is 12.5. The molecule has 5 heteroatoms. The zero-order valence-electron chi connectivity index (χ0n) is 12.7. The molecule has 0 radical (unpaired) electrons. The molecule has 0 aliphatic carbocycles. The smallest absolute Gasteiger partial charge is 0.271 e. The Hall–Kier alpha value is -1.98. The van der Waals surface area contributed by atoms with Gasteiger partial charge >= 0.3 is 0 Å². The molecular formula is C16H21N3O2. The van der Waals surface area contributed by atoms with E-state index in [1.54, 1.807) is 13.2 Å². The van der Waals surface area contributed by atoms with Crippen molar-refractivity contribution in [2.75, 3.05) is 13.7 Å². The lowest BCUT2D eigenvalue weighted by molar-refractivity contribution is 0.181. The fourth-order valence-corrected chi connectivity index (χ4v) is 2.21. The largest absolute Gasteiger partial charge is 0.383 e. The minimum absolute atomic E-state index is 0.161. The fourth-order valence-electron chi connectivity index (χ4n) is 2.21. The molecule has 0 bridgehead atoms. The van der Waals surface area contributed by atoms with Gasteiger partial charge in [0.25, 0.3) is 5.56 Å². The van der Waals surface area contributed by atoms with Crippen molar-refractivity contribution in [3.63, 3.8) is 0 Å². The maximum absolute atomic E-state index is 12.5. The summed E-state index contributed by atoms with van der Waals surface area (Å²) in [6.07, 6.45) is 0. The molecular weight excluding hydrogens is 266 g/mol. The second kappa shape index (κ2) is 6.65. The molecule has 1 aromatic carbocycles. The number of ether oxygens (including phenoxy) is 1. The van der Waals surface area contributed by atoms with Crippen LogP contribution in [0.2, 0.25) is 0 Å². The van der Waals surface area contributed by atoms with E-state index < -0.39 is 6.04 Å². The highest BCUT2D eigenvalue weighted by Crippen LogP contribution is 2.17. The molecule has 1 heterocycles. The van der Waals surface area contributed by atoms with Crippen LogP contribution in [0.3, 0.4) is 0 Å². The summed E-state index contributed by atoms with van der Waals surface area (Å²) in [5.41, 5.74) is 9.50. The molecule has 0 aliphatic heterocycles. The van der Waals surface area contributed by atoms with E-state index in [4.69, 9.17) is 10.5 Å². The Morgan fingerprint density at radius 2 is 1.95 bits per heavy atom. The molecule has 0 saturated carbocycles. The first kappa shape index (κ1) is 15.4. The van der Waals surface area contributed by atoms with E-state index in [0.29, 0.717) is 18.7 Å². The number of nitrogens with two attached hydrogens (primary N) is 1. The summed E-state index contributed by atoms with van der Waals surface area (Å²) in [6, 6.07) is 9.20. The third-order valence-electron chi connectivity index (χ3n) is 3.40. The van der Waals surface area contributed by atoms with Gasteiger partial charge in [-0.1, -0.05) is 29.8 Å². The first-order chi connectivity index (χ1) is 10.0. The monoisotopic (exact) mass is 287 g/mol. The van der Waals surface area contributed by atoms with E-state index in [1.165, 1.54) is 4.68 Å². The molecule has 0 spiro atoms. The first-order valence-electron chi connectivity index (χ1n) is 6.92. The summed E-state index contributed by atoms with van der Waals surface area (Å²) in [5, 5.41) is 4.23. The van der Waals surface area contributed by atoms with Gasteiger partial charge in [0.1, 0.15) is 0 Å². The minimum Gasteiger partial charge on any atom is -0.383 e.